The molecule has 4 rings (SSSR count). The van der Waals surface area contributed by atoms with E-state index in [1.807, 2.05) is 13.8 Å². The first kappa shape index (κ1) is 15.4. The van der Waals surface area contributed by atoms with Gasteiger partial charge in [0.25, 0.3) is 5.78 Å². The van der Waals surface area contributed by atoms with Crippen molar-refractivity contribution in [2.75, 3.05) is 12.1 Å². The van der Waals surface area contributed by atoms with E-state index in [1.165, 1.54) is 6.33 Å². The highest BCUT2D eigenvalue weighted by Crippen LogP contribution is 2.34. The van der Waals surface area contributed by atoms with Crippen LogP contribution in [0.3, 0.4) is 0 Å². The quantitative estimate of drug-likeness (QED) is 0.782. The Labute approximate surface area is 143 Å². The van der Waals surface area contributed by atoms with Crippen LogP contribution < -0.4 is 14.8 Å². The number of nitrogens with one attached hydrogen (secondary N) is 1. The van der Waals surface area contributed by atoms with Gasteiger partial charge in [0.15, 0.2) is 11.5 Å². The van der Waals surface area contributed by atoms with Gasteiger partial charge in [0, 0.05) is 29.6 Å². The Bertz CT molecular complexity index is 966. The molecule has 1 N–H and O–H groups in total. The average molecular weight is 339 g/mol. The molecule has 0 saturated heterocycles. The Morgan fingerprint density at radius 3 is 3.00 bits per heavy atom. The molecule has 8 nitrogen and oxygen atoms in total. The first-order valence-corrected chi connectivity index (χ1v) is 7.97. The van der Waals surface area contributed by atoms with Crippen molar-refractivity contribution in [1.29, 1.82) is 0 Å². The summed E-state index contributed by atoms with van der Waals surface area (Å²) in [5, 5.41) is 7.05. The van der Waals surface area contributed by atoms with Gasteiger partial charge in [-0.2, -0.15) is 10.1 Å². The van der Waals surface area contributed by atoms with Crippen LogP contribution in [-0.4, -0.2) is 32.3 Å². The third-order valence-corrected chi connectivity index (χ3v) is 4.25. The highest BCUT2D eigenvalue weighted by atomic mass is 16.7. The van der Waals surface area contributed by atoms with Crippen LogP contribution in [0.5, 0.6) is 11.5 Å². The van der Waals surface area contributed by atoms with Crippen LogP contribution in [0, 0.1) is 13.8 Å². The molecule has 1 amide bonds. The number of carbonyl (C=O) groups is 1. The van der Waals surface area contributed by atoms with E-state index in [0.717, 1.165) is 17.0 Å². The molecular weight excluding hydrogens is 322 g/mol. The SMILES string of the molecule is Cc1nc2ncnn2c(C)c1CCC(=O)Nc1ccc2c(c1)OCO2. The lowest BCUT2D eigenvalue weighted by Gasteiger charge is -2.11. The zero-order valence-corrected chi connectivity index (χ0v) is 13.9. The molecule has 0 radical (unpaired) electrons. The first-order chi connectivity index (χ1) is 12.1. The molecule has 0 fully saturated rings. The fourth-order valence-corrected chi connectivity index (χ4v) is 2.95. The van der Waals surface area contributed by atoms with Crippen molar-refractivity contribution >= 4 is 17.4 Å². The van der Waals surface area contributed by atoms with E-state index in [9.17, 15) is 4.79 Å². The Balaban J connectivity index is 1.45. The maximum absolute atomic E-state index is 12.3. The third-order valence-electron chi connectivity index (χ3n) is 4.25. The van der Waals surface area contributed by atoms with Gasteiger partial charge < -0.3 is 14.8 Å². The topological polar surface area (TPSA) is 90.6 Å². The zero-order valence-electron chi connectivity index (χ0n) is 13.9. The van der Waals surface area contributed by atoms with Crippen molar-refractivity contribution < 1.29 is 14.3 Å². The van der Waals surface area contributed by atoms with Gasteiger partial charge in [-0.25, -0.2) is 9.50 Å². The van der Waals surface area contributed by atoms with Crippen LogP contribution in [0.2, 0.25) is 0 Å². The molecule has 0 aliphatic carbocycles. The smallest absolute Gasteiger partial charge is 0.252 e. The molecule has 0 unspecified atom stereocenters. The minimum absolute atomic E-state index is 0.0728. The van der Waals surface area contributed by atoms with E-state index in [4.69, 9.17) is 9.47 Å². The summed E-state index contributed by atoms with van der Waals surface area (Å²) in [7, 11) is 0. The molecule has 1 aliphatic heterocycles. The minimum atomic E-state index is -0.0728. The number of hydrogen-bond acceptors (Lipinski definition) is 6. The Morgan fingerprint density at radius 2 is 2.12 bits per heavy atom. The number of nitrogens with zero attached hydrogens (tertiary/aromatic N) is 4. The molecule has 2 aromatic heterocycles. The Morgan fingerprint density at radius 1 is 1.28 bits per heavy atom. The number of rotatable bonds is 4. The van der Waals surface area contributed by atoms with Crippen molar-refractivity contribution in [1.82, 2.24) is 19.6 Å². The van der Waals surface area contributed by atoms with E-state index < -0.39 is 0 Å². The van der Waals surface area contributed by atoms with E-state index in [2.05, 4.69) is 20.4 Å². The predicted octanol–water partition coefficient (Wildman–Crippen LogP) is 2.04. The lowest BCUT2D eigenvalue weighted by molar-refractivity contribution is -0.116. The van der Waals surface area contributed by atoms with Gasteiger partial charge in [-0.1, -0.05) is 0 Å². The summed E-state index contributed by atoms with van der Waals surface area (Å²) in [5.74, 6) is 1.83. The molecule has 0 bridgehead atoms. The summed E-state index contributed by atoms with van der Waals surface area (Å²) in [6.45, 7) is 4.09. The molecular formula is C17H17N5O3. The fourth-order valence-electron chi connectivity index (χ4n) is 2.95. The standard InChI is InChI=1S/C17H17N5O3/c1-10-13(11(2)22-17(20-10)18-8-19-22)4-6-16(23)21-12-3-5-14-15(7-12)25-9-24-14/h3,5,7-8H,4,6,9H2,1-2H3,(H,21,23). The van der Waals surface area contributed by atoms with Crippen LogP contribution in [-0.2, 0) is 11.2 Å². The van der Waals surface area contributed by atoms with Crippen LogP contribution in [0.15, 0.2) is 24.5 Å². The van der Waals surface area contributed by atoms with Gasteiger partial charge in [-0.05, 0) is 38.0 Å². The van der Waals surface area contributed by atoms with Crippen LogP contribution in [0.4, 0.5) is 5.69 Å². The first-order valence-electron chi connectivity index (χ1n) is 7.97. The lowest BCUT2D eigenvalue weighted by Crippen LogP contribution is -2.14. The van der Waals surface area contributed by atoms with Gasteiger partial charge >= 0.3 is 0 Å². The van der Waals surface area contributed by atoms with Crippen LogP contribution in [0.25, 0.3) is 5.78 Å². The van der Waals surface area contributed by atoms with Crippen molar-refractivity contribution in [3.05, 3.63) is 41.5 Å². The molecule has 1 aliphatic rings. The second-order valence-corrected chi connectivity index (χ2v) is 5.85. The summed E-state index contributed by atoms with van der Waals surface area (Å²) in [5.41, 5.74) is 3.52. The molecule has 25 heavy (non-hydrogen) atoms. The summed E-state index contributed by atoms with van der Waals surface area (Å²) < 4.78 is 12.3. The van der Waals surface area contributed by atoms with Gasteiger partial charge in [0.2, 0.25) is 12.7 Å². The minimum Gasteiger partial charge on any atom is -0.454 e. The summed E-state index contributed by atoms with van der Waals surface area (Å²) >= 11 is 0. The highest BCUT2D eigenvalue weighted by molar-refractivity contribution is 5.91. The molecule has 3 heterocycles. The Kier molecular flexibility index (Phi) is 3.72. The number of benzene rings is 1. The van der Waals surface area contributed by atoms with Crippen molar-refractivity contribution in [2.45, 2.75) is 26.7 Å². The van der Waals surface area contributed by atoms with E-state index in [0.29, 0.717) is 35.8 Å². The van der Waals surface area contributed by atoms with Crippen LogP contribution in [0.1, 0.15) is 23.4 Å². The van der Waals surface area contributed by atoms with Gasteiger partial charge in [0.1, 0.15) is 6.33 Å². The number of carbonyl (C=O) groups excluding carboxylic acids is 1. The molecule has 128 valence electrons. The number of anilines is 1. The van der Waals surface area contributed by atoms with E-state index >= 15 is 0 Å². The zero-order chi connectivity index (χ0) is 17.4. The van der Waals surface area contributed by atoms with Crippen molar-refractivity contribution in [2.24, 2.45) is 0 Å². The number of fused-ring (bicyclic) bond motifs is 2. The van der Waals surface area contributed by atoms with Gasteiger partial charge in [-0.3, -0.25) is 4.79 Å². The van der Waals surface area contributed by atoms with Gasteiger partial charge in [-0.15, -0.1) is 0 Å². The monoisotopic (exact) mass is 339 g/mol. The van der Waals surface area contributed by atoms with E-state index in [-0.39, 0.29) is 12.7 Å². The maximum atomic E-state index is 12.3. The molecule has 0 atom stereocenters. The second kappa shape index (κ2) is 6.04. The summed E-state index contributed by atoms with van der Waals surface area (Å²) in [6, 6.07) is 5.35. The van der Waals surface area contributed by atoms with Crippen molar-refractivity contribution in [3.8, 4) is 11.5 Å². The largest absolute Gasteiger partial charge is 0.454 e. The second-order valence-electron chi connectivity index (χ2n) is 5.85. The van der Waals surface area contributed by atoms with Crippen LogP contribution >= 0.6 is 0 Å². The average Bonchev–Trinajstić information content (AvgIpc) is 3.22. The molecule has 0 spiro atoms. The number of aromatic nitrogens is 4. The molecule has 0 saturated carbocycles. The maximum Gasteiger partial charge on any atom is 0.252 e. The summed E-state index contributed by atoms with van der Waals surface area (Å²) in [4.78, 5) is 20.8. The number of ether oxygens (including phenoxy) is 2. The summed E-state index contributed by atoms with van der Waals surface area (Å²) in [6.07, 6.45) is 2.40. The lowest BCUT2D eigenvalue weighted by atomic mass is 10.1. The number of aryl methyl sites for hydroxylation is 2. The molecule has 1 aromatic carbocycles. The van der Waals surface area contributed by atoms with Gasteiger partial charge in [0.05, 0.1) is 0 Å². The highest BCUT2D eigenvalue weighted by Gasteiger charge is 2.15. The fraction of sp³-hybridized carbons (Fsp3) is 0.294. The molecule has 8 heteroatoms. The molecule has 3 aromatic rings. The van der Waals surface area contributed by atoms with E-state index in [1.54, 1.807) is 22.7 Å². The third kappa shape index (κ3) is 2.86. The van der Waals surface area contributed by atoms with Crippen molar-refractivity contribution in [3.63, 3.8) is 0 Å². The number of amides is 1. The normalized spacial score (nSPS) is 12.6. The number of hydrogen-bond donors (Lipinski definition) is 1. The Hall–Kier alpha value is -3.16. The predicted molar refractivity (Wildman–Crippen MR) is 89.8 cm³/mol.